The molecular formula is C16H20N4O. The molecule has 110 valence electrons. The Kier molecular flexibility index (Phi) is 3.73. The number of nitrogens with zero attached hydrogens (tertiary/aromatic N) is 4. The van der Waals surface area contributed by atoms with Gasteiger partial charge in [0, 0.05) is 13.6 Å². The minimum absolute atomic E-state index is 0.158. The quantitative estimate of drug-likeness (QED) is 0.866. The van der Waals surface area contributed by atoms with Gasteiger partial charge in [-0.2, -0.15) is 0 Å². The van der Waals surface area contributed by atoms with Crippen LogP contribution < -0.4 is 0 Å². The second kappa shape index (κ2) is 5.68. The van der Waals surface area contributed by atoms with Gasteiger partial charge >= 0.3 is 0 Å². The lowest BCUT2D eigenvalue weighted by Crippen LogP contribution is -2.32. The van der Waals surface area contributed by atoms with E-state index in [0.29, 0.717) is 6.42 Å². The Morgan fingerprint density at radius 2 is 2.19 bits per heavy atom. The monoisotopic (exact) mass is 284 g/mol. The molecule has 0 N–H and O–H groups in total. The van der Waals surface area contributed by atoms with Crippen molar-refractivity contribution in [1.82, 2.24) is 19.9 Å². The van der Waals surface area contributed by atoms with E-state index in [1.165, 1.54) is 11.1 Å². The Labute approximate surface area is 124 Å². The fourth-order valence-corrected chi connectivity index (χ4v) is 3.08. The van der Waals surface area contributed by atoms with Gasteiger partial charge in [-0.05, 0) is 30.9 Å². The summed E-state index contributed by atoms with van der Waals surface area (Å²) in [7, 11) is 1.82. The van der Waals surface area contributed by atoms with Crippen LogP contribution in [0.3, 0.4) is 0 Å². The van der Waals surface area contributed by atoms with Crippen molar-refractivity contribution < 1.29 is 4.79 Å². The van der Waals surface area contributed by atoms with Crippen LogP contribution in [0.15, 0.2) is 30.5 Å². The number of likely N-dealkylation sites (tertiary alicyclic amines) is 1. The fraction of sp³-hybridized carbons (Fsp3) is 0.438. The SMILES string of the molecule is Cc1ccccc1C1CCCN1C(=O)Cc1cnnn1C. The van der Waals surface area contributed by atoms with E-state index >= 15 is 0 Å². The molecule has 1 aromatic heterocycles. The van der Waals surface area contributed by atoms with Crippen molar-refractivity contribution in [3.8, 4) is 0 Å². The zero-order chi connectivity index (χ0) is 14.8. The third kappa shape index (κ3) is 2.68. The second-order valence-corrected chi connectivity index (χ2v) is 5.63. The molecule has 1 aliphatic rings. The van der Waals surface area contributed by atoms with Crippen molar-refractivity contribution in [2.24, 2.45) is 7.05 Å². The lowest BCUT2D eigenvalue weighted by Gasteiger charge is -2.26. The maximum atomic E-state index is 12.6. The van der Waals surface area contributed by atoms with Gasteiger partial charge in [-0.1, -0.05) is 29.5 Å². The summed E-state index contributed by atoms with van der Waals surface area (Å²) in [5.41, 5.74) is 3.38. The number of carbonyl (C=O) groups is 1. The van der Waals surface area contributed by atoms with Crippen LogP contribution in [0.25, 0.3) is 0 Å². The van der Waals surface area contributed by atoms with Crippen molar-refractivity contribution in [2.45, 2.75) is 32.2 Å². The van der Waals surface area contributed by atoms with Crippen molar-refractivity contribution in [2.75, 3.05) is 6.54 Å². The number of rotatable bonds is 3. The smallest absolute Gasteiger partial charge is 0.229 e. The van der Waals surface area contributed by atoms with E-state index in [-0.39, 0.29) is 11.9 Å². The van der Waals surface area contributed by atoms with Gasteiger partial charge < -0.3 is 4.90 Å². The Balaban J connectivity index is 1.79. The molecule has 5 nitrogen and oxygen atoms in total. The van der Waals surface area contributed by atoms with Crippen LogP contribution in [0.4, 0.5) is 0 Å². The Morgan fingerprint density at radius 1 is 1.38 bits per heavy atom. The first kappa shape index (κ1) is 13.8. The molecule has 1 fully saturated rings. The Morgan fingerprint density at radius 3 is 2.90 bits per heavy atom. The van der Waals surface area contributed by atoms with Crippen LogP contribution in [0.5, 0.6) is 0 Å². The van der Waals surface area contributed by atoms with Gasteiger partial charge in [0.05, 0.1) is 24.4 Å². The van der Waals surface area contributed by atoms with Crippen LogP contribution in [0, 0.1) is 6.92 Å². The predicted octanol–water partition coefficient (Wildman–Crippen LogP) is 2.03. The highest BCUT2D eigenvalue weighted by molar-refractivity contribution is 5.79. The molecule has 0 aliphatic carbocycles. The van der Waals surface area contributed by atoms with E-state index < -0.39 is 0 Å². The van der Waals surface area contributed by atoms with Crippen LogP contribution in [0.1, 0.15) is 35.7 Å². The normalized spacial score (nSPS) is 18.2. The number of benzene rings is 1. The maximum absolute atomic E-state index is 12.6. The van der Waals surface area contributed by atoms with Gasteiger partial charge in [-0.25, -0.2) is 0 Å². The number of hydrogen-bond donors (Lipinski definition) is 0. The first-order valence-electron chi connectivity index (χ1n) is 7.35. The Bertz CT molecular complexity index is 649. The lowest BCUT2D eigenvalue weighted by molar-refractivity contribution is -0.131. The van der Waals surface area contributed by atoms with E-state index in [2.05, 4.69) is 29.4 Å². The van der Waals surface area contributed by atoms with Crippen LogP contribution in [-0.2, 0) is 18.3 Å². The molecule has 1 aromatic carbocycles. The average Bonchev–Trinajstić information content (AvgIpc) is 3.09. The van der Waals surface area contributed by atoms with Crippen molar-refractivity contribution in [3.05, 3.63) is 47.3 Å². The summed E-state index contributed by atoms with van der Waals surface area (Å²) in [5.74, 6) is 0.158. The van der Waals surface area contributed by atoms with E-state index in [1.807, 2.05) is 24.1 Å². The molecule has 1 aliphatic heterocycles. The maximum Gasteiger partial charge on any atom is 0.229 e. The molecule has 1 saturated heterocycles. The fourth-order valence-electron chi connectivity index (χ4n) is 3.08. The summed E-state index contributed by atoms with van der Waals surface area (Å²) in [5, 5.41) is 7.72. The highest BCUT2D eigenvalue weighted by Crippen LogP contribution is 2.33. The number of aryl methyl sites for hydroxylation is 2. The third-order valence-electron chi connectivity index (χ3n) is 4.26. The van der Waals surface area contributed by atoms with Gasteiger partial charge in [-0.15, -0.1) is 5.10 Å². The summed E-state index contributed by atoms with van der Waals surface area (Å²) in [6, 6.07) is 8.55. The average molecular weight is 284 g/mol. The predicted molar refractivity (Wildman–Crippen MR) is 79.6 cm³/mol. The zero-order valence-corrected chi connectivity index (χ0v) is 12.5. The summed E-state index contributed by atoms with van der Waals surface area (Å²) in [4.78, 5) is 14.6. The second-order valence-electron chi connectivity index (χ2n) is 5.63. The minimum atomic E-state index is 0.158. The molecule has 0 saturated carbocycles. The molecule has 5 heteroatoms. The van der Waals surface area contributed by atoms with E-state index in [0.717, 1.165) is 25.1 Å². The standard InChI is InChI=1S/C16H20N4O/c1-12-6-3-4-7-14(12)15-8-5-9-20(15)16(21)10-13-11-17-18-19(13)2/h3-4,6-7,11,15H,5,8-10H2,1-2H3. The van der Waals surface area contributed by atoms with Crippen molar-refractivity contribution in [1.29, 1.82) is 0 Å². The van der Waals surface area contributed by atoms with Gasteiger partial charge in [-0.3, -0.25) is 9.48 Å². The summed E-state index contributed by atoms with van der Waals surface area (Å²) < 4.78 is 1.66. The molecule has 0 bridgehead atoms. The van der Waals surface area contributed by atoms with E-state index in [1.54, 1.807) is 10.9 Å². The number of carbonyl (C=O) groups excluding carboxylic acids is 1. The highest BCUT2D eigenvalue weighted by atomic mass is 16.2. The van der Waals surface area contributed by atoms with E-state index in [9.17, 15) is 4.79 Å². The van der Waals surface area contributed by atoms with Crippen LogP contribution in [-0.4, -0.2) is 32.3 Å². The number of aromatic nitrogens is 3. The molecule has 21 heavy (non-hydrogen) atoms. The number of hydrogen-bond acceptors (Lipinski definition) is 3. The van der Waals surface area contributed by atoms with Gasteiger partial charge in [0.1, 0.15) is 0 Å². The zero-order valence-electron chi connectivity index (χ0n) is 12.5. The molecule has 0 spiro atoms. The molecule has 1 unspecified atom stereocenters. The third-order valence-corrected chi connectivity index (χ3v) is 4.26. The van der Waals surface area contributed by atoms with E-state index in [4.69, 9.17) is 0 Å². The van der Waals surface area contributed by atoms with Crippen LogP contribution >= 0.6 is 0 Å². The topological polar surface area (TPSA) is 51.0 Å². The molecule has 3 rings (SSSR count). The summed E-state index contributed by atoms with van der Waals surface area (Å²) >= 11 is 0. The summed E-state index contributed by atoms with van der Waals surface area (Å²) in [6.07, 6.45) is 4.14. The van der Waals surface area contributed by atoms with Crippen LogP contribution in [0.2, 0.25) is 0 Å². The highest BCUT2D eigenvalue weighted by Gasteiger charge is 2.30. The van der Waals surface area contributed by atoms with Crippen molar-refractivity contribution >= 4 is 5.91 Å². The number of amides is 1. The Hall–Kier alpha value is -2.17. The largest absolute Gasteiger partial charge is 0.335 e. The lowest BCUT2D eigenvalue weighted by atomic mass is 9.99. The summed E-state index contributed by atoms with van der Waals surface area (Å²) in [6.45, 7) is 2.95. The van der Waals surface area contributed by atoms with Crippen molar-refractivity contribution in [3.63, 3.8) is 0 Å². The molecule has 1 atom stereocenters. The molecule has 1 amide bonds. The minimum Gasteiger partial charge on any atom is -0.335 e. The first-order chi connectivity index (χ1) is 10.2. The van der Waals surface area contributed by atoms with Gasteiger partial charge in [0.25, 0.3) is 0 Å². The molecule has 2 heterocycles. The van der Waals surface area contributed by atoms with Gasteiger partial charge in [0.2, 0.25) is 5.91 Å². The first-order valence-corrected chi connectivity index (χ1v) is 7.35. The molecule has 0 radical (unpaired) electrons. The van der Waals surface area contributed by atoms with Gasteiger partial charge in [0.15, 0.2) is 0 Å². The molecule has 2 aromatic rings. The molecular weight excluding hydrogens is 264 g/mol.